The number of rotatable bonds is 5. The molecular weight excluding hydrogens is 318 g/mol. The first-order chi connectivity index (χ1) is 12.1. The third-order valence-corrected chi connectivity index (χ3v) is 3.63. The van der Waals surface area contributed by atoms with Crippen molar-refractivity contribution in [2.45, 2.75) is 19.6 Å². The SMILES string of the molecule is CC(OC(=O)Cn1nc(-c2ccccc2)ccc1=O)c1ccccn1. The zero-order valence-electron chi connectivity index (χ0n) is 13.7. The van der Waals surface area contributed by atoms with Crippen molar-refractivity contribution in [3.05, 3.63) is 82.9 Å². The van der Waals surface area contributed by atoms with Crippen LogP contribution in [-0.4, -0.2) is 20.7 Å². The third kappa shape index (κ3) is 4.17. The molecule has 0 aliphatic rings. The van der Waals surface area contributed by atoms with E-state index in [0.29, 0.717) is 11.4 Å². The van der Waals surface area contributed by atoms with Crippen LogP contribution in [0.3, 0.4) is 0 Å². The molecule has 2 aromatic heterocycles. The van der Waals surface area contributed by atoms with Gasteiger partial charge in [-0.15, -0.1) is 0 Å². The molecular formula is C19H17N3O3. The second kappa shape index (κ2) is 7.53. The molecule has 0 saturated carbocycles. The van der Waals surface area contributed by atoms with E-state index in [2.05, 4.69) is 10.1 Å². The smallest absolute Gasteiger partial charge is 0.328 e. The maximum Gasteiger partial charge on any atom is 0.328 e. The summed E-state index contributed by atoms with van der Waals surface area (Å²) in [7, 11) is 0. The van der Waals surface area contributed by atoms with Crippen molar-refractivity contribution in [3.8, 4) is 11.3 Å². The fraction of sp³-hybridized carbons (Fsp3) is 0.158. The summed E-state index contributed by atoms with van der Waals surface area (Å²) in [6.07, 6.45) is 1.14. The normalized spacial score (nSPS) is 11.7. The van der Waals surface area contributed by atoms with E-state index in [1.54, 1.807) is 31.3 Å². The molecule has 0 fully saturated rings. The number of nitrogens with zero attached hydrogens (tertiary/aromatic N) is 3. The molecule has 3 rings (SSSR count). The number of carbonyl (C=O) groups excluding carboxylic acids is 1. The van der Waals surface area contributed by atoms with E-state index in [4.69, 9.17) is 4.74 Å². The maximum atomic E-state index is 12.1. The van der Waals surface area contributed by atoms with Crippen molar-refractivity contribution in [2.75, 3.05) is 0 Å². The van der Waals surface area contributed by atoms with Gasteiger partial charge in [-0.1, -0.05) is 36.4 Å². The Bertz CT molecular complexity index is 908. The van der Waals surface area contributed by atoms with Crippen LogP contribution in [0.1, 0.15) is 18.7 Å². The van der Waals surface area contributed by atoms with Crippen LogP contribution in [0, 0.1) is 0 Å². The number of pyridine rings is 1. The topological polar surface area (TPSA) is 74.1 Å². The monoisotopic (exact) mass is 335 g/mol. The average Bonchev–Trinajstić information content (AvgIpc) is 2.65. The van der Waals surface area contributed by atoms with Gasteiger partial charge in [-0.3, -0.25) is 14.6 Å². The van der Waals surface area contributed by atoms with Crippen molar-refractivity contribution in [1.82, 2.24) is 14.8 Å². The summed E-state index contributed by atoms with van der Waals surface area (Å²) in [5.41, 5.74) is 1.77. The molecule has 1 atom stereocenters. The summed E-state index contributed by atoms with van der Waals surface area (Å²) in [5, 5.41) is 4.25. The van der Waals surface area contributed by atoms with Gasteiger partial charge >= 0.3 is 5.97 Å². The number of hydrogen-bond donors (Lipinski definition) is 0. The molecule has 6 heteroatoms. The molecule has 25 heavy (non-hydrogen) atoms. The molecule has 0 aliphatic heterocycles. The first kappa shape index (κ1) is 16.6. The number of benzene rings is 1. The minimum absolute atomic E-state index is 0.253. The number of hydrogen-bond acceptors (Lipinski definition) is 5. The fourth-order valence-electron chi connectivity index (χ4n) is 2.36. The van der Waals surface area contributed by atoms with E-state index in [-0.39, 0.29) is 12.1 Å². The van der Waals surface area contributed by atoms with Crippen LogP contribution in [0.25, 0.3) is 11.3 Å². The van der Waals surface area contributed by atoms with Crippen molar-refractivity contribution in [2.24, 2.45) is 0 Å². The van der Waals surface area contributed by atoms with Gasteiger partial charge in [-0.25, -0.2) is 4.68 Å². The van der Waals surface area contributed by atoms with Gasteiger partial charge in [0.2, 0.25) is 0 Å². The molecule has 0 radical (unpaired) electrons. The van der Waals surface area contributed by atoms with Crippen LogP contribution in [0.15, 0.2) is 71.7 Å². The number of esters is 1. The van der Waals surface area contributed by atoms with Gasteiger partial charge in [-0.2, -0.15) is 5.10 Å². The Kier molecular flexibility index (Phi) is 4.99. The number of ether oxygens (including phenoxy) is 1. The number of aromatic nitrogens is 3. The Balaban J connectivity index is 1.74. The predicted molar refractivity (Wildman–Crippen MR) is 92.7 cm³/mol. The van der Waals surface area contributed by atoms with Gasteiger partial charge in [0, 0.05) is 17.8 Å². The summed E-state index contributed by atoms with van der Waals surface area (Å²) in [6, 6.07) is 17.9. The number of carbonyl (C=O) groups is 1. The highest BCUT2D eigenvalue weighted by molar-refractivity contribution is 5.69. The van der Waals surface area contributed by atoms with E-state index < -0.39 is 12.1 Å². The molecule has 0 amide bonds. The molecule has 0 N–H and O–H groups in total. The van der Waals surface area contributed by atoms with Crippen molar-refractivity contribution < 1.29 is 9.53 Å². The van der Waals surface area contributed by atoms with Gasteiger partial charge in [0.15, 0.2) is 0 Å². The van der Waals surface area contributed by atoms with Gasteiger partial charge in [0.25, 0.3) is 5.56 Å². The lowest BCUT2D eigenvalue weighted by molar-refractivity contribution is -0.149. The van der Waals surface area contributed by atoms with E-state index >= 15 is 0 Å². The van der Waals surface area contributed by atoms with Crippen molar-refractivity contribution in [3.63, 3.8) is 0 Å². The van der Waals surface area contributed by atoms with E-state index in [0.717, 1.165) is 10.2 Å². The van der Waals surface area contributed by atoms with Crippen LogP contribution in [-0.2, 0) is 16.1 Å². The van der Waals surface area contributed by atoms with E-state index in [9.17, 15) is 9.59 Å². The zero-order chi connectivity index (χ0) is 17.6. The molecule has 0 bridgehead atoms. The molecule has 2 heterocycles. The molecule has 0 aliphatic carbocycles. The maximum absolute atomic E-state index is 12.1. The molecule has 0 spiro atoms. The minimum Gasteiger partial charge on any atom is -0.455 e. The highest BCUT2D eigenvalue weighted by Crippen LogP contribution is 2.15. The Morgan fingerprint density at radius 3 is 2.56 bits per heavy atom. The molecule has 1 aromatic carbocycles. The molecule has 0 saturated heterocycles. The zero-order valence-corrected chi connectivity index (χ0v) is 13.7. The average molecular weight is 335 g/mol. The van der Waals surface area contributed by atoms with E-state index in [1.807, 2.05) is 36.4 Å². The standard InChI is InChI=1S/C19H17N3O3/c1-14(16-9-5-6-12-20-16)25-19(24)13-22-18(23)11-10-17(21-22)15-7-3-2-4-8-15/h2-12,14H,13H2,1H3. The first-order valence-electron chi connectivity index (χ1n) is 7.87. The minimum atomic E-state index is -0.544. The molecule has 1 unspecified atom stereocenters. The lowest BCUT2D eigenvalue weighted by Crippen LogP contribution is -2.27. The van der Waals surface area contributed by atoms with Gasteiger partial charge in [0.1, 0.15) is 12.6 Å². The summed E-state index contributed by atoms with van der Waals surface area (Å²) in [6.45, 7) is 1.48. The van der Waals surface area contributed by atoms with Crippen LogP contribution < -0.4 is 5.56 Å². The highest BCUT2D eigenvalue weighted by atomic mass is 16.5. The van der Waals surface area contributed by atoms with Gasteiger partial charge in [0.05, 0.1) is 11.4 Å². The second-order valence-electron chi connectivity index (χ2n) is 5.47. The van der Waals surface area contributed by atoms with Crippen molar-refractivity contribution in [1.29, 1.82) is 0 Å². The second-order valence-corrected chi connectivity index (χ2v) is 5.47. The van der Waals surface area contributed by atoms with Gasteiger partial charge < -0.3 is 4.74 Å². The largest absolute Gasteiger partial charge is 0.455 e. The summed E-state index contributed by atoms with van der Waals surface area (Å²) in [4.78, 5) is 28.3. The van der Waals surface area contributed by atoms with Crippen LogP contribution in [0.4, 0.5) is 0 Å². The molecule has 3 aromatic rings. The summed E-state index contributed by atoms with van der Waals surface area (Å²) in [5.74, 6) is -0.544. The Morgan fingerprint density at radius 1 is 1.08 bits per heavy atom. The Hall–Kier alpha value is -3.28. The summed E-state index contributed by atoms with van der Waals surface area (Å²) < 4.78 is 6.45. The Morgan fingerprint density at radius 2 is 1.84 bits per heavy atom. The van der Waals surface area contributed by atoms with Crippen LogP contribution >= 0.6 is 0 Å². The molecule has 126 valence electrons. The third-order valence-electron chi connectivity index (χ3n) is 3.63. The lowest BCUT2D eigenvalue weighted by atomic mass is 10.1. The summed E-state index contributed by atoms with van der Waals surface area (Å²) >= 11 is 0. The van der Waals surface area contributed by atoms with Gasteiger partial charge in [-0.05, 0) is 25.1 Å². The predicted octanol–water partition coefficient (Wildman–Crippen LogP) is 2.61. The van der Waals surface area contributed by atoms with E-state index in [1.165, 1.54) is 6.07 Å². The van der Waals surface area contributed by atoms with Crippen molar-refractivity contribution >= 4 is 5.97 Å². The first-order valence-corrected chi connectivity index (χ1v) is 7.87. The van der Waals surface area contributed by atoms with Crippen LogP contribution in [0.2, 0.25) is 0 Å². The fourth-order valence-corrected chi connectivity index (χ4v) is 2.36. The van der Waals surface area contributed by atoms with Crippen LogP contribution in [0.5, 0.6) is 0 Å². The highest BCUT2D eigenvalue weighted by Gasteiger charge is 2.14. The lowest BCUT2D eigenvalue weighted by Gasteiger charge is -2.13. The quantitative estimate of drug-likeness (QED) is 0.670. The Labute approximate surface area is 144 Å². The molecule has 6 nitrogen and oxygen atoms in total.